The smallest absolute Gasteiger partial charge is 0.228 e. The summed E-state index contributed by atoms with van der Waals surface area (Å²) in [6, 6.07) is 15.6. The molecule has 0 atom stereocenters. The zero-order valence-electron chi connectivity index (χ0n) is 11.8. The number of hydrogen-bond donors (Lipinski definition) is 2. The third kappa shape index (κ3) is 4.14. The van der Waals surface area contributed by atoms with E-state index in [0.29, 0.717) is 12.3 Å². The molecule has 20 heavy (non-hydrogen) atoms. The monoisotopic (exact) mass is 285 g/mol. The third-order valence-corrected chi connectivity index (χ3v) is 3.46. The molecule has 0 saturated heterocycles. The maximum Gasteiger partial charge on any atom is 0.228 e. The fraction of sp³-hybridized carbons (Fsp3) is 0.235. The molecular formula is C17H19NOS. The van der Waals surface area contributed by atoms with E-state index in [1.165, 1.54) is 5.56 Å². The predicted octanol–water partition coefficient (Wildman–Crippen LogP) is 4.28. The molecule has 104 valence electrons. The fourth-order valence-electron chi connectivity index (χ4n) is 1.96. The lowest BCUT2D eigenvalue weighted by atomic mass is 10.0. The van der Waals surface area contributed by atoms with Gasteiger partial charge in [-0.1, -0.05) is 38.1 Å². The molecule has 0 heterocycles. The maximum atomic E-state index is 12.0. The molecule has 0 unspecified atom stereocenters. The van der Waals surface area contributed by atoms with Crippen LogP contribution in [0.5, 0.6) is 0 Å². The quantitative estimate of drug-likeness (QED) is 0.807. The van der Waals surface area contributed by atoms with Crippen molar-refractivity contribution < 1.29 is 4.79 Å². The van der Waals surface area contributed by atoms with E-state index < -0.39 is 0 Å². The highest BCUT2D eigenvalue weighted by molar-refractivity contribution is 7.80. The molecule has 0 aliphatic heterocycles. The van der Waals surface area contributed by atoms with Gasteiger partial charge in [-0.3, -0.25) is 4.79 Å². The summed E-state index contributed by atoms with van der Waals surface area (Å²) < 4.78 is 0. The molecule has 0 radical (unpaired) electrons. The number of amides is 1. The van der Waals surface area contributed by atoms with E-state index in [0.717, 1.165) is 16.1 Å². The van der Waals surface area contributed by atoms with Crippen LogP contribution < -0.4 is 5.32 Å². The average molecular weight is 285 g/mol. The number of carbonyl (C=O) groups excluding carboxylic acids is 1. The van der Waals surface area contributed by atoms with Crippen LogP contribution in [0.2, 0.25) is 0 Å². The molecule has 2 aromatic rings. The van der Waals surface area contributed by atoms with Crippen molar-refractivity contribution >= 4 is 24.2 Å². The Morgan fingerprint density at radius 2 is 1.65 bits per heavy atom. The number of nitrogens with one attached hydrogen (secondary N) is 1. The van der Waals surface area contributed by atoms with Gasteiger partial charge in [-0.15, -0.1) is 12.6 Å². The van der Waals surface area contributed by atoms with Crippen molar-refractivity contribution in [3.05, 3.63) is 59.7 Å². The summed E-state index contributed by atoms with van der Waals surface area (Å²) in [6.45, 7) is 4.30. The van der Waals surface area contributed by atoms with Crippen molar-refractivity contribution in [1.82, 2.24) is 0 Å². The highest BCUT2D eigenvalue weighted by Crippen LogP contribution is 2.17. The Kier molecular flexibility index (Phi) is 4.85. The summed E-state index contributed by atoms with van der Waals surface area (Å²) >= 11 is 4.23. The van der Waals surface area contributed by atoms with Crippen LogP contribution >= 0.6 is 12.6 Å². The molecule has 0 saturated carbocycles. The first-order valence-electron chi connectivity index (χ1n) is 6.72. The molecule has 1 amide bonds. The number of carbonyl (C=O) groups is 1. The second kappa shape index (κ2) is 6.62. The normalized spacial score (nSPS) is 10.6. The lowest BCUT2D eigenvalue weighted by molar-refractivity contribution is -0.115. The van der Waals surface area contributed by atoms with Crippen LogP contribution in [-0.2, 0) is 11.2 Å². The summed E-state index contributed by atoms with van der Waals surface area (Å²) in [6.07, 6.45) is 0.375. The first-order valence-corrected chi connectivity index (χ1v) is 7.17. The van der Waals surface area contributed by atoms with Crippen molar-refractivity contribution in [3.8, 4) is 0 Å². The van der Waals surface area contributed by atoms with Gasteiger partial charge < -0.3 is 5.32 Å². The Balaban J connectivity index is 1.95. The van der Waals surface area contributed by atoms with Crippen molar-refractivity contribution in [2.24, 2.45) is 0 Å². The third-order valence-electron chi connectivity index (χ3n) is 3.16. The molecule has 0 aliphatic carbocycles. The van der Waals surface area contributed by atoms with Crippen LogP contribution in [0.4, 0.5) is 5.69 Å². The van der Waals surface area contributed by atoms with Gasteiger partial charge in [0.15, 0.2) is 0 Å². The van der Waals surface area contributed by atoms with Gasteiger partial charge >= 0.3 is 0 Å². The highest BCUT2D eigenvalue weighted by Gasteiger charge is 2.05. The Labute approximate surface area is 125 Å². The second-order valence-corrected chi connectivity index (χ2v) is 5.68. The Morgan fingerprint density at radius 3 is 2.20 bits per heavy atom. The van der Waals surface area contributed by atoms with Crippen LogP contribution in [0.1, 0.15) is 30.9 Å². The largest absolute Gasteiger partial charge is 0.326 e. The lowest BCUT2D eigenvalue weighted by Gasteiger charge is -2.08. The molecule has 0 fully saturated rings. The Morgan fingerprint density at radius 1 is 1.05 bits per heavy atom. The first-order chi connectivity index (χ1) is 9.54. The molecule has 0 bridgehead atoms. The second-order valence-electron chi connectivity index (χ2n) is 5.17. The predicted molar refractivity (Wildman–Crippen MR) is 86.6 cm³/mol. The van der Waals surface area contributed by atoms with Gasteiger partial charge in [0.2, 0.25) is 5.91 Å². The van der Waals surface area contributed by atoms with Crippen LogP contribution in [0, 0.1) is 0 Å². The molecule has 0 aromatic heterocycles. The Bertz CT molecular complexity index is 573. The van der Waals surface area contributed by atoms with Gasteiger partial charge in [-0.25, -0.2) is 0 Å². The van der Waals surface area contributed by atoms with Gasteiger partial charge in [0.1, 0.15) is 0 Å². The van der Waals surface area contributed by atoms with E-state index in [-0.39, 0.29) is 5.91 Å². The zero-order chi connectivity index (χ0) is 14.5. The fourth-order valence-corrected chi connectivity index (χ4v) is 2.10. The highest BCUT2D eigenvalue weighted by atomic mass is 32.1. The van der Waals surface area contributed by atoms with Gasteiger partial charge in [0.25, 0.3) is 0 Å². The molecule has 2 aromatic carbocycles. The van der Waals surface area contributed by atoms with Crippen LogP contribution in [-0.4, -0.2) is 5.91 Å². The van der Waals surface area contributed by atoms with Gasteiger partial charge in [-0.2, -0.15) is 0 Å². The molecule has 0 aliphatic rings. The van der Waals surface area contributed by atoms with Crippen LogP contribution in [0.25, 0.3) is 0 Å². The van der Waals surface area contributed by atoms with E-state index in [1.807, 2.05) is 36.4 Å². The van der Waals surface area contributed by atoms with E-state index in [9.17, 15) is 4.79 Å². The number of hydrogen-bond acceptors (Lipinski definition) is 2. The van der Waals surface area contributed by atoms with Crippen molar-refractivity contribution in [1.29, 1.82) is 0 Å². The lowest BCUT2D eigenvalue weighted by Crippen LogP contribution is -2.14. The first kappa shape index (κ1) is 14.7. The minimum atomic E-state index is -0.00536. The number of rotatable bonds is 4. The summed E-state index contributed by atoms with van der Waals surface area (Å²) in [5.41, 5.74) is 3.09. The van der Waals surface area contributed by atoms with E-state index in [2.05, 4.69) is 43.9 Å². The topological polar surface area (TPSA) is 29.1 Å². The van der Waals surface area contributed by atoms with Gasteiger partial charge in [0, 0.05) is 10.6 Å². The summed E-state index contributed by atoms with van der Waals surface area (Å²) in [4.78, 5) is 12.9. The molecule has 2 rings (SSSR count). The summed E-state index contributed by atoms with van der Waals surface area (Å²) in [5, 5.41) is 2.91. The van der Waals surface area contributed by atoms with Crippen LogP contribution in [0.3, 0.4) is 0 Å². The van der Waals surface area contributed by atoms with E-state index in [1.54, 1.807) is 0 Å². The summed E-state index contributed by atoms with van der Waals surface area (Å²) in [7, 11) is 0. The number of thiol groups is 1. The summed E-state index contributed by atoms with van der Waals surface area (Å²) in [5.74, 6) is 0.494. The number of anilines is 1. The SMILES string of the molecule is CC(C)c1ccc(NC(=O)Cc2ccc(S)cc2)cc1. The molecule has 2 nitrogen and oxygen atoms in total. The minimum absolute atomic E-state index is 0.00536. The van der Waals surface area contributed by atoms with Crippen molar-refractivity contribution in [2.45, 2.75) is 31.1 Å². The minimum Gasteiger partial charge on any atom is -0.326 e. The molecule has 1 N–H and O–H groups in total. The van der Waals surface area contributed by atoms with Crippen molar-refractivity contribution in [2.75, 3.05) is 5.32 Å². The van der Waals surface area contributed by atoms with Crippen LogP contribution in [0.15, 0.2) is 53.4 Å². The standard InChI is InChI=1S/C17H19NOS/c1-12(2)14-5-7-15(8-6-14)18-17(19)11-13-3-9-16(20)10-4-13/h3-10,12,20H,11H2,1-2H3,(H,18,19). The molecular weight excluding hydrogens is 266 g/mol. The average Bonchev–Trinajstić information content (AvgIpc) is 2.42. The van der Waals surface area contributed by atoms with E-state index >= 15 is 0 Å². The molecule has 3 heteroatoms. The Hall–Kier alpha value is -1.74. The van der Waals surface area contributed by atoms with Crippen molar-refractivity contribution in [3.63, 3.8) is 0 Å². The zero-order valence-corrected chi connectivity index (χ0v) is 12.7. The van der Waals surface area contributed by atoms with E-state index in [4.69, 9.17) is 0 Å². The molecule has 0 spiro atoms. The van der Waals surface area contributed by atoms with Gasteiger partial charge in [-0.05, 0) is 41.3 Å². The maximum absolute atomic E-state index is 12.0. The van der Waals surface area contributed by atoms with Gasteiger partial charge in [0.05, 0.1) is 6.42 Å². The number of benzene rings is 2.